The Morgan fingerprint density at radius 2 is 1.51 bits per heavy atom. The van der Waals surface area contributed by atoms with Crippen LogP contribution < -0.4 is 0 Å². The number of hydrogen-bond acceptors (Lipinski definition) is 4. The normalized spacial score (nSPS) is 23.8. The minimum atomic E-state index is -6.33. The van der Waals surface area contributed by atoms with E-state index in [-0.39, 0.29) is 41.8 Å². The van der Waals surface area contributed by atoms with Crippen molar-refractivity contribution in [2.24, 2.45) is 0 Å². The first-order valence-electron chi connectivity index (χ1n) is 11.8. The summed E-state index contributed by atoms with van der Waals surface area (Å²) in [5.74, 6) is -0.725. The molecule has 216 valence electrons. The summed E-state index contributed by atoms with van der Waals surface area (Å²) in [5, 5.41) is 0. The summed E-state index contributed by atoms with van der Waals surface area (Å²) < 4.78 is 150. The molecule has 4 nitrogen and oxygen atoms in total. The van der Waals surface area contributed by atoms with Crippen molar-refractivity contribution >= 4 is 21.2 Å². The van der Waals surface area contributed by atoms with Crippen molar-refractivity contribution in [1.29, 1.82) is 0 Å². The Balaban J connectivity index is 1.96. The Bertz CT molecular complexity index is 1340. The van der Waals surface area contributed by atoms with Crippen LogP contribution in [0.3, 0.4) is 0 Å². The van der Waals surface area contributed by atoms with Crippen molar-refractivity contribution < 1.29 is 48.1 Å². The van der Waals surface area contributed by atoms with Crippen LogP contribution in [0.1, 0.15) is 50.3 Å². The highest BCUT2D eigenvalue weighted by atomic mass is 32.2. The van der Waals surface area contributed by atoms with Gasteiger partial charge in [0.25, 0.3) is 0 Å². The molecule has 1 fully saturated rings. The molecule has 0 saturated carbocycles. The largest absolute Gasteiger partial charge is 0.597 e. The van der Waals surface area contributed by atoms with Gasteiger partial charge in [0.05, 0.1) is 10.9 Å². The van der Waals surface area contributed by atoms with Gasteiger partial charge in [0, 0.05) is 23.5 Å². The molecular formula is C25H25F8NO3S2. The lowest BCUT2D eigenvalue weighted by molar-refractivity contribution is -0.348. The molecule has 1 unspecified atom stereocenters. The van der Waals surface area contributed by atoms with E-state index in [1.807, 2.05) is 0 Å². The van der Waals surface area contributed by atoms with E-state index in [0.29, 0.717) is 12.1 Å². The van der Waals surface area contributed by atoms with E-state index in [9.17, 15) is 48.1 Å². The van der Waals surface area contributed by atoms with Gasteiger partial charge in [-0.1, -0.05) is 18.2 Å². The highest BCUT2D eigenvalue weighted by molar-refractivity contribution is 7.93. The van der Waals surface area contributed by atoms with Crippen LogP contribution in [-0.4, -0.2) is 47.0 Å². The van der Waals surface area contributed by atoms with E-state index in [1.54, 1.807) is 20.8 Å². The lowest BCUT2D eigenvalue weighted by Crippen LogP contribution is -2.55. The fraction of sp³-hybridized carbons (Fsp3) is 0.520. The summed E-state index contributed by atoms with van der Waals surface area (Å²) in [5.41, 5.74) is -7.66. The van der Waals surface area contributed by atoms with E-state index in [0.717, 1.165) is 30.3 Å². The van der Waals surface area contributed by atoms with Crippen LogP contribution in [0.15, 0.2) is 47.4 Å². The second kappa shape index (κ2) is 9.31. The zero-order valence-electron chi connectivity index (χ0n) is 21.0. The number of nitrogens with zero attached hydrogens (tertiary/aromatic N) is 1. The summed E-state index contributed by atoms with van der Waals surface area (Å²) in [4.78, 5) is -0.320. The van der Waals surface area contributed by atoms with E-state index >= 15 is 0 Å². The van der Waals surface area contributed by atoms with E-state index in [1.165, 1.54) is 4.31 Å². The van der Waals surface area contributed by atoms with E-state index in [2.05, 4.69) is 0 Å². The van der Waals surface area contributed by atoms with Gasteiger partial charge in [-0.3, -0.25) is 0 Å². The summed E-state index contributed by atoms with van der Waals surface area (Å²) in [6.45, 7) is 5.02. The summed E-state index contributed by atoms with van der Waals surface area (Å²) in [6.07, 6.45) is -13.1. The highest BCUT2D eigenvalue weighted by Crippen LogP contribution is 2.57. The maximum absolute atomic E-state index is 14.9. The van der Waals surface area contributed by atoms with Gasteiger partial charge in [-0.25, -0.2) is 17.2 Å². The van der Waals surface area contributed by atoms with Gasteiger partial charge in [0.15, 0.2) is 9.84 Å². The molecule has 1 aliphatic carbocycles. The fourth-order valence-electron chi connectivity index (χ4n) is 5.56. The Kier molecular flexibility index (Phi) is 7.18. The zero-order chi connectivity index (χ0) is 29.4. The molecule has 1 saturated heterocycles. The maximum atomic E-state index is 14.9. The van der Waals surface area contributed by atoms with Gasteiger partial charge in [-0.15, -0.1) is 4.31 Å². The third-order valence-corrected chi connectivity index (χ3v) is 11.8. The maximum Gasteiger partial charge on any atom is 0.435 e. The lowest BCUT2D eigenvalue weighted by atomic mass is 9.77. The number of halogens is 8. The molecule has 14 heteroatoms. The number of alkyl halides is 7. The van der Waals surface area contributed by atoms with Crippen LogP contribution in [0.5, 0.6) is 0 Å². The van der Waals surface area contributed by atoms with Gasteiger partial charge >= 0.3 is 18.0 Å². The molecule has 2 aliphatic rings. The topological polar surface area (TPSA) is 60.4 Å². The lowest BCUT2D eigenvalue weighted by Gasteiger charge is -2.43. The fourth-order valence-corrected chi connectivity index (χ4v) is 9.47. The van der Waals surface area contributed by atoms with Crippen LogP contribution >= 0.6 is 0 Å². The van der Waals surface area contributed by atoms with Gasteiger partial charge in [0.1, 0.15) is 15.3 Å². The van der Waals surface area contributed by atoms with Crippen molar-refractivity contribution in [2.75, 3.05) is 6.54 Å². The minimum Gasteiger partial charge on any atom is -0.597 e. The molecule has 2 aromatic carbocycles. The first-order chi connectivity index (χ1) is 17.7. The molecule has 39 heavy (non-hydrogen) atoms. The molecule has 0 aromatic heterocycles. The van der Waals surface area contributed by atoms with Crippen molar-refractivity contribution in [3.05, 3.63) is 65.0 Å². The predicted octanol–water partition coefficient (Wildman–Crippen LogP) is 6.27. The summed E-state index contributed by atoms with van der Waals surface area (Å²) in [6, 6.07) is 4.43. The van der Waals surface area contributed by atoms with Crippen molar-refractivity contribution in [1.82, 2.24) is 4.31 Å². The van der Waals surface area contributed by atoms with Crippen molar-refractivity contribution in [2.45, 2.75) is 78.5 Å². The third kappa shape index (κ3) is 4.45. The van der Waals surface area contributed by atoms with Crippen LogP contribution in [-0.2, 0) is 38.0 Å². The molecule has 0 N–H and O–H groups in total. The van der Waals surface area contributed by atoms with E-state index in [4.69, 9.17) is 0 Å². The quantitative estimate of drug-likeness (QED) is 0.235. The van der Waals surface area contributed by atoms with Crippen molar-refractivity contribution in [3.63, 3.8) is 0 Å². The van der Waals surface area contributed by atoms with Gasteiger partial charge in [-0.05, 0) is 75.4 Å². The van der Waals surface area contributed by atoms with E-state index < -0.39 is 66.1 Å². The Hall–Kier alpha value is -1.90. The summed E-state index contributed by atoms with van der Waals surface area (Å²) >= 11 is -1.72. The number of sulfone groups is 1. The molecule has 4 rings (SSSR count). The molecule has 2 aromatic rings. The van der Waals surface area contributed by atoms with Crippen LogP contribution in [0.25, 0.3) is 0 Å². The predicted molar refractivity (Wildman–Crippen MR) is 128 cm³/mol. The average Bonchev–Trinajstić information content (AvgIpc) is 3.22. The van der Waals surface area contributed by atoms with Gasteiger partial charge < -0.3 is 4.55 Å². The molecule has 0 bridgehead atoms. The van der Waals surface area contributed by atoms with Gasteiger partial charge in [-0.2, -0.15) is 26.3 Å². The molecule has 0 spiro atoms. The van der Waals surface area contributed by atoms with Crippen LogP contribution in [0.2, 0.25) is 0 Å². The number of aryl methyl sites for hydroxylation is 1. The molecule has 1 heterocycles. The summed E-state index contributed by atoms with van der Waals surface area (Å²) in [7, 11) is -4.49. The minimum absolute atomic E-state index is 0.00564. The first-order valence-corrected chi connectivity index (χ1v) is 14.4. The molecule has 1 aliphatic heterocycles. The monoisotopic (exact) mass is 603 g/mol. The SMILES string of the molecule is CC(C)(C)[S+]([O-])N1CC[C@@]2(S(=O)(=O)c3ccc(F)cc3)c3ccc(C(F)(C(F)(F)F)C(F)(F)F)cc3CC[C@@H]12. The third-order valence-electron chi connectivity index (χ3n) is 7.36. The van der Waals surface area contributed by atoms with Crippen molar-refractivity contribution in [3.8, 4) is 0 Å². The number of hydrogen-bond donors (Lipinski definition) is 0. The second-order valence-corrected chi connectivity index (χ2v) is 15.1. The molecule has 0 radical (unpaired) electrons. The van der Waals surface area contributed by atoms with Crippen LogP contribution in [0, 0.1) is 5.82 Å². The number of rotatable bonds is 4. The molecule has 3 atom stereocenters. The Labute approximate surface area is 223 Å². The number of benzene rings is 2. The smallest absolute Gasteiger partial charge is 0.435 e. The highest BCUT2D eigenvalue weighted by Gasteiger charge is 2.74. The molecular weight excluding hydrogens is 578 g/mol. The average molecular weight is 604 g/mol. The first kappa shape index (κ1) is 30.1. The zero-order valence-corrected chi connectivity index (χ0v) is 22.6. The molecule has 0 amide bonds. The number of fused-ring (bicyclic) bond motifs is 3. The van der Waals surface area contributed by atoms with Crippen LogP contribution in [0.4, 0.5) is 35.1 Å². The van der Waals surface area contributed by atoms with Gasteiger partial charge in [0.2, 0.25) is 0 Å². The standard InChI is InChI=1S/C25H25F8NO3S2/c1-21(2,3)38(35)34-13-12-22(39(36,37)18-8-6-17(26)7-9-18)19-10-5-16(14-15(19)4-11-20(22)34)23(27,24(28,29)30)25(31,32)33/h5-10,14,20H,4,11-13H2,1-3H3/t20-,22-,38?/m1/s1. The Morgan fingerprint density at radius 3 is 2.03 bits per heavy atom. The second-order valence-electron chi connectivity index (χ2n) is 10.7. The Morgan fingerprint density at radius 1 is 0.949 bits per heavy atom.